The summed E-state index contributed by atoms with van der Waals surface area (Å²) in [5, 5.41) is 21.2. The number of ether oxygens (including phenoxy) is 2. The van der Waals surface area contributed by atoms with E-state index in [9.17, 15) is 32.7 Å². The summed E-state index contributed by atoms with van der Waals surface area (Å²) in [5.41, 5.74) is -1.47. The molecular formula is C20H15F3N2O7. The number of pyridine rings is 1. The standard InChI is InChI=1S/C20H15F3N2O7/c1-25-12-8-10(31-13-4-2-3-5-14(13)32-20(21,22)23)6-7-11(12)17(28)16(19(25)30)18(29)24-9-15(26)27/h2-8,28H,9H2,1H3,(H,24,29)(H,26,27). The summed E-state index contributed by atoms with van der Waals surface area (Å²) in [6, 6.07) is 8.94. The summed E-state index contributed by atoms with van der Waals surface area (Å²) in [4.78, 5) is 35.4. The Morgan fingerprint density at radius 2 is 1.78 bits per heavy atom. The molecule has 32 heavy (non-hydrogen) atoms. The fraction of sp³-hybridized carbons (Fsp3) is 0.150. The molecule has 0 atom stereocenters. The molecule has 0 spiro atoms. The zero-order chi connectivity index (χ0) is 23.6. The van der Waals surface area contributed by atoms with Crippen molar-refractivity contribution in [1.29, 1.82) is 0 Å². The molecule has 1 aromatic heterocycles. The lowest BCUT2D eigenvalue weighted by atomic mass is 10.1. The average molecular weight is 452 g/mol. The van der Waals surface area contributed by atoms with Gasteiger partial charge < -0.3 is 29.6 Å². The van der Waals surface area contributed by atoms with E-state index in [2.05, 4.69) is 4.74 Å². The Morgan fingerprint density at radius 3 is 2.41 bits per heavy atom. The number of carboxylic acid groups (broad SMARTS) is 1. The molecule has 3 rings (SSSR count). The number of benzene rings is 2. The molecule has 12 heteroatoms. The molecule has 0 aliphatic rings. The molecule has 0 saturated carbocycles. The maximum Gasteiger partial charge on any atom is 0.573 e. The summed E-state index contributed by atoms with van der Waals surface area (Å²) in [6.07, 6.45) is -4.93. The Labute approximate surface area is 177 Å². The maximum atomic E-state index is 12.6. The number of aromatic hydroxyl groups is 1. The zero-order valence-corrected chi connectivity index (χ0v) is 16.3. The minimum Gasteiger partial charge on any atom is -0.506 e. The predicted molar refractivity (Wildman–Crippen MR) is 104 cm³/mol. The number of rotatable bonds is 6. The van der Waals surface area contributed by atoms with Gasteiger partial charge in [0.2, 0.25) is 0 Å². The summed E-state index contributed by atoms with van der Waals surface area (Å²) < 4.78 is 48.2. The van der Waals surface area contributed by atoms with Gasteiger partial charge in [0.25, 0.3) is 11.5 Å². The van der Waals surface area contributed by atoms with Gasteiger partial charge >= 0.3 is 12.3 Å². The maximum absolute atomic E-state index is 12.6. The number of aromatic nitrogens is 1. The molecule has 0 fully saturated rings. The van der Waals surface area contributed by atoms with E-state index in [4.69, 9.17) is 9.84 Å². The van der Waals surface area contributed by atoms with E-state index in [1.807, 2.05) is 5.32 Å². The van der Waals surface area contributed by atoms with Crippen LogP contribution in [0.25, 0.3) is 10.9 Å². The number of amides is 1. The molecule has 0 saturated heterocycles. The predicted octanol–water partition coefficient (Wildman–Crippen LogP) is 2.75. The van der Waals surface area contributed by atoms with Crippen LogP contribution in [0.15, 0.2) is 47.3 Å². The summed E-state index contributed by atoms with van der Waals surface area (Å²) in [7, 11) is 1.29. The average Bonchev–Trinajstić information content (AvgIpc) is 2.71. The largest absolute Gasteiger partial charge is 0.573 e. The van der Waals surface area contributed by atoms with Crippen LogP contribution in [0.3, 0.4) is 0 Å². The van der Waals surface area contributed by atoms with Crippen LogP contribution in [-0.4, -0.2) is 39.6 Å². The number of hydrogen-bond acceptors (Lipinski definition) is 6. The second kappa shape index (κ2) is 8.49. The highest BCUT2D eigenvalue weighted by molar-refractivity contribution is 6.03. The van der Waals surface area contributed by atoms with Crippen LogP contribution >= 0.6 is 0 Å². The first-order chi connectivity index (χ1) is 15.0. The quantitative estimate of drug-likeness (QED) is 0.525. The normalized spacial score (nSPS) is 11.2. The van der Waals surface area contributed by atoms with Gasteiger partial charge in [-0.15, -0.1) is 13.2 Å². The lowest BCUT2D eigenvalue weighted by molar-refractivity contribution is -0.275. The van der Waals surface area contributed by atoms with Crippen LogP contribution in [0.2, 0.25) is 0 Å². The number of carboxylic acids is 1. The topological polar surface area (TPSA) is 127 Å². The number of aliphatic carboxylic acids is 1. The number of para-hydroxylation sites is 2. The lowest BCUT2D eigenvalue weighted by Crippen LogP contribution is -2.35. The van der Waals surface area contributed by atoms with E-state index in [1.165, 1.54) is 43.4 Å². The fourth-order valence-electron chi connectivity index (χ4n) is 2.89. The van der Waals surface area contributed by atoms with Crippen molar-refractivity contribution in [3.05, 3.63) is 58.4 Å². The summed E-state index contributed by atoms with van der Waals surface area (Å²) in [6.45, 7) is -0.758. The van der Waals surface area contributed by atoms with Gasteiger partial charge in [-0.25, -0.2) is 0 Å². The number of carbonyl (C=O) groups excluding carboxylic acids is 1. The van der Waals surface area contributed by atoms with E-state index >= 15 is 0 Å². The minimum absolute atomic E-state index is 0.0215. The van der Waals surface area contributed by atoms with Crippen molar-refractivity contribution in [1.82, 2.24) is 9.88 Å². The first-order valence-corrected chi connectivity index (χ1v) is 8.86. The highest BCUT2D eigenvalue weighted by Gasteiger charge is 2.32. The highest BCUT2D eigenvalue weighted by Crippen LogP contribution is 2.36. The molecule has 0 bridgehead atoms. The second-order valence-electron chi connectivity index (χ2n) is 6.44. The van der Waals surface area contributed by atoms with Gasteiger partial charge in [0, 0.05) is 18.5 Å². The minimum atomic E-state index is -4.93. The zero-order valence-electron chi connectivity index (χ0n) is 16.3. The molecule has 0 radical (unpaired) electrons. The van der Waals surface area contributed by atoms with Crippen molar-refractivity contribution < 1.29 is 42.4 Å². The van der Waals surface area contributed by atoms with Crippen molar-refractivity contribution in [3.8, 4) is 23.0 Å². The van der Waals surface area contributed by atoms with Gasteiger partial charge in [-0.05, 0) is 24.3 Å². The van der Waals surface area contributed by atoms with Crippen LogP contribution in [0.4, 0.5) is 13.2 Å². The molecule has 0 aliphatic heterocycles. The summed E-state index contributed by atoms with van der Waals surface area (Å²) in [5.74, 6) is -3.91. The number of alkyl halides is 3. The number of fused-ring (bicyclic) bond motifs is 1. The van der Waals surface area contributed by atoms with E-state index in [-0.39, 0.29) is 22.4 Å². The molecule has 168 valence electrons. The summed E-state index contributed by atoms with van der Waals surface area (Å²) >= 11 is 0. The Morgan fingerprint density at radius 1 is 1.12 bits per heavy atom. The van der Waals surface area contributed by atoms with Crippen molar-refractivity contribution in [2.24, 2.45) is 7.05 Å². The van der Waals surface area contributed by atoms with Crippen LogP contribution in [-0.2, 0) is 11.8 Å². The SMILES string of the molecule is Cn1c(=O)c(C(=O)NCC(=O)O)c(O)c2ccc(Oc3ccccc3OC(F)(F)F)cc21. The number of hydrogen-bond donors (Lipinski definition) is 3. The first-order valence-electron chi connectivity index (χ1n) is 8.86. The van der Waals surface area contributed by atoms with E-state index in [0.29, 0.717) is 0 Å². The monoisotopic (exact) mass is 452 g/mol. The van der Waals surface area contributed by atoms with Crippen LogP contribution in [0.5, 0.6) is 23.0 Å². The van der Waals surface area contributed by atoms with E-state index < -0.39 is 47.4 Å². The fourth-order valence-corrected chi connectivity index (χ4v) is 2.89. The number of nitrogens with zero attached hydrogens (tertiary/aromatic N) is 1. The molecule has 2 aromatic carbocycles. The van der Waals surface area contributed by atoms with Crippen molar-refractivity contribution in [2.45, 2.75) is 6.36 Å². The molecule has 1 amide bonds. The third-order valence-corrected chi connectivity index (χ3v) is 4.27. The highest BCUT2D eigenvalue weighted by atomic mass is 19.4. The smallest absolute Gasteiger partial charge is 0.506 e. The van der Waals surface area contributed by atoms with Crippen molar-refractivity contribution >= 4 is 22.8 Å². The van der Waals surface area contributed by atoms with Gasteiger partial charge in [-0.1, -0.05) is 12.1 Å². The third kappa shape index (κ3) is 4.74. The van der Waals surface area contributed by atoms with Gasteiger partial charge in [-0.2, -0.15) is 0 Å². The Kier molecular flexibility index (Phi) is 5.96. The van der Waals surface area contributed by atoms with Crippen LogP contribution in [0.1, 0.15) is 10.4 Å². The lowest BCUT2D eigenvalue weighted by Gasteiger charge is -2.15. The molecule has 3 N–H and O–H groups in total. The van der Waals surface area contributed by atoms with Gasteiger partial charge in [0.05, 0.1) is 5.52 Å². The Bertz CT molecular complexity index is 1270. The Hall–Kier alpha value is -4.22. The molecule has 3 aromatic rings. The van der Waals surface area contributed by atoms with Gasteiger partial charge in [-0.3, -0.25) is 14.4 Å². The number of aryl methyl sites for hydroxylation is 1. The molecular weight excluding hydrogens is 437 g/mol. The number of nitrogens with one attached hydrogen (secondary N) is 1. The molecule has 1 heterocycles. The van der Waals surface area contributed by atoms with Gasteiger partial charge in [0.15, 0.2) is 11.5 Å². The third-order valence-electron chi connectivity index (χ3n) is 4.27. The van der Waals surface area contributed by atoms with Crippen molar-refractivity contribution in [3.63, 3.8) is 0 Å². The molecule has 0 aliphatic carbocycles. The molecule has 9 nitrogen and oxygen atoms in total. The number of carbonyl (C=O) groups is 2. The first kappa shape index (κ1) is 22.5. The van der Waals surface area contributed by atoms with Crippen LogP contribution in [0, 0.1) is 0 Å². The Balaban J connectivity index is 2.02. The van der Waals surface area contributed by atoms with Gasteiger partial charge in [0.1, 0.15) is 23.6 Å². The second-order valence-corrected chi connectivity index (χ2v) is 6.44. The van der Waals surface area contributed by atoms with Crippen molar-refractivity contribution in [2.75, 3.05) is 6.54 Å². The van der Waals surface area contributed by atoms with Crippen LogP contribution < -0.4 is 20.3 Å². The number of halogens is 3. The molecule has 0 unspecified atom stereocenters. The van der Waals surface area contributed by atoms with E-state index in [0.717, 1.165) is 10.6 Å². The van der Waals surface area contributed by atoms with E-state index in [1.54, 1.807) is 0 Å².